The molecular formula is C13H25N3S. The van der Waals surface area contributed by atoms with Crippen LogP contribution in [0.3, 0.4) is 0 Å². The summed E-state index contributed by atoms with van der Waals surface area (Å²) in [5.74, 6) is 0. The van der Waals surface area contributed by atoms with Crippen LogP contribution in [0.25, 0.3) is 0 Å². The van der Waals surface area contributed by atoms with Crippen LogP contribution in [0.15, 0.2) is 4.99 Å². The standard InChI is InChI=1S/C13H25N3S/c1-4-6-12-9-14-13(17-12)15-16-10(2)7-5-8-11(16)3/h10-12H,4-9H2,1-3H3,(H,14,15). The highest BCUT2D eigenvalue weighted by molar-refractivity contribution is 8.14. The first-order valence-electron chi connectivity index (χ1n) is 6.96. The third-order valence-electron chi connectivity index (χ3n) is 3.75. The molecular weight excluding hydrogens is 230 g/mol. The van der Waals surface area contributed by atoms with Gasteiger partial charge in [-0.15, -0.1) is 0 Å². The van der Waals surface area contributed by atoms with Gasteiger partial charge in [-0.1, -0.05) is 31.5 Å². The zero-order valence-corrected chi connectivity index (χ0v) is 12.1. The van der Waals surface area contributed by atoms with Gasteiger partial charge in [0.05, 0.1) is 6.54 Å². The second kappa shape index (κ2) is 6.10. The molecule has 0 bridgehead atoms. The minimum Gasteiger partial charge on any atom is -0.297 e. The van der Waals surface area contributed by atoms with E-state index in [0.29, 0.717) is 17.3 Å². The molecule has 2 rings (SSSR count). The Morgan fingerprint density at radius 3 is 2.71 bits per heavy atom. The molecule has 1 fully saturated rings. The molecule has 3 atom stereocenters. The minimum absolute atomic E-state index is 0.632. The SMILES string of the molecule is CCCC1CN=C(NN2C(C)CCCC2C)S1. The molecule has 1 saturated heterocycles. The Balaban J connectivity index is 1.84. The Morgan fingerprint density at radius 2 is 2.06 bits per heavy atom. The predicted molar refractivity (Wildman–Crippen MR) is 76.3 cm³/mol. The van der Waals surface area contributed by atoms with Crippen LogP contribution in [0.2, 0.25) is 0 Å². The number of rotatable bonds is 3. The quantitative estimate of drug-likeness (QED) is 0.840. The summed E-state index contributed by atoms with van der Waals surface area (Å²) in [7, 11) is 0. The van der Waals surface area contributed by atoms with Crippen molar-refractivity contribution in [3.63, 3.8) is 0 Å². The molecule has 2 heterocycles. The lowest BCUT2D eigenvalue weighted by Gasteiger charge is -2.39. The second-order valence-corrected chi connectivity index (χ2v) is 6.61. The molecule has 2 aliphatic rings. The average Bonchev–Trinajstić information content (AvgIpc) is 2.72. The Hall–Kier alpha value is -0.220. The Kier molecular flexibility index (Phi) is 4.74. The maximum absolute atomic E-state index is 4.63. The van der Waals surface area contributed by atoms with E-state index >= 15 is 0 Å². The van der Waals surface area contributed by atoms with Gasteiger partial charge in [0.15, 0.2) is 5.17 Å². The number of hydrogen-bond donors (Lipinski definition) is 1. The van der Waals surface area contributed by atoms with Crippen LogP contribution in [0.4, 0.5) is 0 Å². The van der Waals surface area contributed by atoms with E-state index < -0.39 is 0 Å². The van der Waals surface area contributed by atoms with Gasteiger partial charge in [-0.25, -0.2) is 5.01 Å². The second-order valence-electron chi connectivity index (χ2n) is 5.32. The van der Waals surface area contributed by atoms with E-state index in [4.69, 9.17) is 0 Å². The summed E-state index contributed by atoms with van der Waals surface area (Å²) in [5, 5.41) is 4.26. The van der Waals surface area contributed by atoms with Gasteiger partial charge in [0.2, 0.25) is 0 Å². The van der Waals surface area contributed by atoms with Crippen molar-refractivity contribution in [2.45, 2.75) is 70.2 Å². The normalized spacial score (nSPS) is 34.8. The summed E-state index contributed by atoms with van der Waals surface area (Å²) < 4.78 is 0. The van der Waals surface area contributed by atoms with E-state index in [1.54, 1.807) is 0 Å². The summed E-state index contributed by atoms with van der Waals surface area (Å²) in [5.41, 5.74) is 3.55. The Labute approximate surface area is 109 Å². The van der Waals surface area contributed by atoms with Crippen molar-refractivity contribution in [3.05, 3.63) is 0 Å². The molecule has 0 amide bonds. The van der Waals surface area contributed by atoms with Crippen LogP contribution in [0.1, 0.15) is 52.9 Å². The molecule has 0 aliphatic carbocycles. The van der Waals surface area contributed by atoms with Crippen molar-refractivity contribution in [1.29, 1.82) is 0 Å². The van der Waals surface area contributed by atoms with Crippen LogP contribution in [0.5, 0.6) is 0 Å². The van der Waals surface area contributed by atoms with Crippen molar-refractivity contribution < 1.29 is 0 Å². The van der Waals surface area contributed by atoms with Gasteiger partial charge in [0.1, 0.15) is 0 Å². The van der Waals surface area contributed by atoms with Crippen LogP contribution in [-0.4, -0.2) is 34.1 Å². The molecule has 0 aromatic rings. The maximum Gasteiger partial charge on any atom is 0.171 e. The van der Waals surface area contributed by atoms with Gasteiger partial charge in [0.25, 0.3) is 0 Å². The number of nitrogens with zero attached hydrogens (tertiary/aromatic N) is 2. The van der Waals surface area contributed by atoms with Crippen LogP contribution in [0, 0.1) is 0 Å². The summed E-state index contributed by atoms with van der Waals surface area (Å²) in [6.45, 7) is 7.87. The van der Waals surface area contributed by atoms with Gasteiger partial charge in [0, 0.05) is 17.3 Å². The van der Waals surface area contributed by atoms with E-state index in [9.17, 15) is 0 Å². The zero-order valence-electron chi connectivity index (χ0n) is 11.3. The topological polar surface area (TPSA) is 27.6 Å². The lowest BCUT2D eigenvalue weighted by molar-refractivity contribution is 0.0753. The summed E-state index contributed by atoms with van der Waals surface area (Å²) in [6.07, 6.45) is 6.50. The number of hydrogen-bond acceptors (Lipinski definition) is 4. The van der Waals surface area contributed by atoms with Crippen molar-refractivity contribution in [3.8, 4) is 0 Å². The van der Waals surface area contributed by atoms with E-state index in [0.717, 1.165) is 11.7 Å². The molecule has 3 nitrogen and oxygen atoms in total. The molecule has 17 heavy (non-hydrogen) atoms. The summed E-state index contributed by atoms with van der Waals surface area (Å²) >= 11 is 1.93. The minimum atomic E-state index is 0.632. The predicted octanol–water partition coefficient (Wildman–Crippen LogP) is 3.03. The van der Waals surface area contributed by atoms with Crippen molar-refractivity contribution in [1.82, 2.24) is 10.4 Å². The lowest BCUT2D eigenvalue weighted by Crippen LogP contribution is -2.53. The van der Waals surface area contributed by atoms with E-state index in [1.165, 1.54) is 32.1 Å². The van der Waals surface area contributed by atoms with Crippen molar-refractivity contribution in [2.75, 3.05) is 6.54 Å². The third kappa shape index (κ3) is 3.38. The number of piperidine rings is 1. The van der Waals surface area contributed by atoms with E-state index in [2.05, 4.69) is 36.2 Å². The molecule has 0 aromatic heterocycles. The first kappa shape index (κ1) is 13.2. The Bertz CT molecular complexity index is 270. The fourth-order valence-electron chi connectivity index (χ4n) is 2.70. The zero-order chi connectivity index (χ0) is 12.3. The molecule has 0 saturated carbocycles. The van der Waals surface area contributed by atoms with Crippen molar-refractivity contribution >= 4 is 16.9 Å². The fraction of sp³-hybridized carbons (Fsp3) is 0.923. The first-order valence-corrected chi connectivity index (χ1v) is 7.84. The average molecular weight is 255 g/mol. The Morgan fingerprint density at radius 1 is 1.35 bits per heavy atom. The third-order valence-corrected chi connectivity index (χ3v) is 4.91. The van der Waals surface area contributed by atoms with Crippen molar-refractivity contribution in [2.24, 2.45) is 4.99 Å². The summed E-state index contributed by atoms with van der Waals surface area (Å²) in [4.78, 5) is 4.63. The molecule has 4 heteroatoms. The van der Waals surface area contributed by atoms with E-state index in [-0.39, 0.29) is 0 Å². The fourth-order valence-corrected chi connectivity index (χ4v) is 3.83. The van der Waals surface area contributed by atoms with Gasteiger partial charge in [-0.3, -0.25) is 10.4 Å². The molecule has 0 radical (unpaired) electrons. The highest BCUT2D eigenvalue weighted by Gasteiger charge is 2.27. The number of amidine groups is 1. The van der Waals surface area contributed by atoms with Crippen LogP contribution in [-0.2, 0) is 0 Å². The van der Waals surface area contributed by atoms with Crippen LogP contribution < -0.4 is 5.43 Å². The number of aliphatic imine (C=N–C) groups is 1. The monoisotopic (exact) mass is 255 g/mol. The number of thioether (sulfide) groups is 1. The summed E-state index contributed by atoms with van der Waals surface area (Å²) in [6, 6.07) is 1.26. The molecule has 3 unspecified atom stereocenters. The van der Waals surface area contributed by atoms with Crippen LogP contribution >= 0.6 is 11.8 Å². The van der Waals surface area contributed by atoms with Gasteiger partial charge < -0.3 is 0 Å². The molecule has 98 valence electrons. The molecule has 1 N–H and O–H groups in total. The highest BCUT2D eigenvalue weighted by Crippen LogP contribution is 2.26. The largest absolute Gasteiger partial charge is 0.297 e. The molecule has 2 aliphatic heterocycles. The smallest absolute Gasteiger partial charge is 0.171 e. The lowest BCUT2D eigenvalue weighted by atomic mass is 10.00. The molecule has 0 aromatic carbocycles. The van der Waals surface area contributed by atoms with Gasteiger partial charge >= 0.3 is 0 Å². The van der Waals surface area contributed by atoms with Gasteiger partial charge in [-0.05, 0) is 33.1 Å². The number of nitrogens with one attached hydrogen (secondary N) is 1. The molecule has 0 spiro atoms. The van der Waals surface area contributed by atoms with Gasteiger partial charge in [-0.2, -0.15) is 0 Å². The first-order chi connectivity index (χ1) is 8.20. The maximum atomic E-state index is 4.63. The van der Waals surface area contributed by atoms with E-state index in [1.807, 2.05) is 11.8 Å². The number of hydrazine groups is 1. The highest BCUT2D eigenvalue weighted by atomic mass is 32.2.